The Morgan fingerprint density at radius 1 is 1.02 bits per heavy atom. The number of hydrogen-bond acceptors (Lipinski definition) is 5. The molecule has 3 aromatic carbocycles. The third-order valence-corrected chi connectivity index (χ3v) is 8.27. The van der Waals surface area contributed by atoms with E-state index in [9.17, 15) is 19.5 Å². The Morgan fingerprint density at radius 2 is 1.78 bits per heavy atom. The number of carbonyl (C=O) groups is 3. The number of ether oxygens (including phenoxy) is 1. The molecule has 9 heteroatoms. The van der Waals surface area contributed by atoms with E-state index < -0.39 is 17.7 Å². The number of carboxylic acids is 1. The highest BCUT2D eigenvalue weighted by molar-refractivity contribution is 5.96. The zero-order valence-corrected chi connectivity index (χ0v) is 27.2. The number of benzene rings is 3. The van der Waals surface area contributed by atoms with E-state index in [2.05, 4.69) is 11.2 Å². The molecule has 0 saturated heterocycles. The topological polar surface area (TPSA) is 105 Å². The van der Waals surface area contributed by atoms with Gasteiger partial charge >= 0.3 is 12.1 Å². The highest BCUT2D eigenvalue weighted by Crippen LogP contribution is 2.36. The van der Waals surface area contributed by atoms with Crippen LogP contribution in [0.4, 0.5) is 16.2 Å². The number of fused-ring (bicyclic) bond motifs is 1. The highest BCUT2D eigenvalue weighted by Gasteiger charge is 2.27. The number of anilines is 2. The Hall–Kier alpha value is -4.92. The first kappa shape index (κ1) is 32.5. The number of aromatic nitrogens is 2. The molecule has 1 aliphatic heterocycles. The summed E-state index contributed by atoms with van der Waals surface area (Å²) >= 11 is 0. The van der Waals surface area contributed by atoms with Crippen molar-refractivity contribution in [3.63, 3.8) is 0 Å². The van der Waals surface area contributed by atoms with Crippen LogP contribution in [-0.2, 0) is 22.5 Å². The summed E-state index contributed by atoms with van der Waals surface area (Å²) in [5.74, 6) is -0.933. The SMILES string of the molecule is Cc1cccc(N(CCCC(=O)N2CCCc3c(-c4cnn(Cc5cccc(C(=O)O)c5)c4)cccc32)C(=O)OC(C)(C)C)c1C. The summed E-state index contributed by atoms with van der Waals surface area (Å²) in [5.41, 5.74) is 7.35. The summed E-state index contributed by atoms with van der Waals surface area (Å²) in [7, 11) is 0. The van der Waals surface area contributed by atoms with Gasteiger partial charge in [0.25, 0.3) is 0 Å². The number of carbonyl (C=O) groups excluding carboxylic acids is 2. The largest absolute Gasteiger partial charge is 0.478 e. The summed E-state index contributed by atoms with van der Waals surface area (Å²) in [6.45, 7) is 11.0. The number of aromatic carboxylic acids is 1. The third-order valence-electron chi connectivity index (χ3n) is 8.27. The lowest BCUT2D eigenvalue weighted by Crippen LogP contribution is -2.39. The average molecular weight is 623 g/mol. The summed E-state index contributed by atoms with van der Waals surface area (Å²) in [6, 6.07) is 18.8. The van der Waals surface area contributed by atoms with Gasteiger partial charge in [0.15, 0.2) is 0 Å². The molecule has 0 bridgehead atoms. The second kappa shape index (κ2) is 13.6. The molecule has 2 heterocycles. The number of carboxylic acid groups (broad SMARTS) is 1. The zero-order valence-electron chi connectivity index (χ0n) is 27.2. The van der Waals surface area contributed by atoms with E-state index in [1.165, 1.54) is 0 Å². The van der Waals surface area contributed by atoms with E-state index in [-0.39, 0.29) is 11.5 Å². The van der Waals surface area contributed by atoms with Gasteiger partial charge in [-0.15, -0.1) is 0 Å². The van der Waals surface area contributed by atoms with Crippen LogP contribution in [0.2, 0.25) is 0 Å². The average Bonchev–Trinajstić information content (AvgIpc) is 3.47. The Labute approximate surface area is 270 Å². The first-order chi connectivity index (χ1) is 21.9. The van der Waals surface area contributed by atoms with E-state index in [0.717, 1.165) is 57.6 Å². The van der Waals surface area contributed by atoms with Crippen molar-refractivity contribution < 1.29 is 24.2 Å². The van der Waals surface area contributed by atoms with Gasteiger partial charge in [0.2, 0.25) is 5.91 Å². The maximum Gasteiger partial charge on any atom is 0.414 e. The standard InChI is InChI=1S/C37H42N4O5/c1-25-11-6-16-32(26(25)2)41(36(45)46-37(3,4)5)20-10-18-34(42)40-19-9-15-31-30(14-8-17-33(31)40)29-22-38-39(24-29)23-27-12-7-13-28(21-27)35(43)44/h6-8,11-14,16-17,21-22,24H,9-10,15,18-20,23H2,1-5H3,(H,43,44). The van der Waals surface area contributed by atoms with Crippen LogP contribution in [-0.4, -0.2) is 51.5 Å². The summed E-state index contributed by atoms with van der Waals surface area (Å²) < 4.78 is 7.53. The van der Waals surface area contributed by atoms with E-state index in [1.807, 2.05) is 88.3 Å². The monoisotopic (exact) mass is 622 g/mol. The lowest BCUT2D eigenvalue weighted by atomic mass is 9.93. The lowest BCUT2D eigenvalue weighted by molar-refractivity contribution is -0.118. The molecule has 0 fully saturated rings. The minimum atomic E-state index is -0.959. The first-order valence-electron chi connectivity index (χ1n) is 15.8. The van der Waals surface area contributed by atoms with Crippen LogP contribution >= 0.6 is 0 Å². The van der Waals surface area contributed by atoms with Gasteiger partial charge in [-0.2, -0.15) is 5.10 Å². The van der Waals surface area contributed by atoms with Gasteiger partial charge in [0, 0.05) is 37.0 Å². The van der Waals surface area contributed by atoms with Gasteiger partial charge in [-0.1, -0.05) is 36.4 Å². The van der Waals surface area contributed by atoms with Gasteiger partial charge in [0.05, 0.1) is 24.0 Å². The fourth-order valence-electron chi connectivity index (χ4n) is 5.91. The molecular formula is C37H42N4O5. The van der Waals surface area contributed by atoms with Crippen molar-refractivity contribution in [1.82, 2.24) is 9.78 Å². The molecule has 240 valence electrons. The molecule has 5 rings (SSSR count). The molecule has 1 aromatic heterocycles. The van der Waals surface area contributed by atoms with Gasteiger partial charge in [0.1, 0.15) is 5.60 Å². The van der Waals surface area contributed by atoms with Gasteiger partial charge < -0.3 is 14.7 Å². The molecule has 46 heavy (non-hydrogen) atoms. The predicted molar refractivity (Wildman–Crippen MR) is 180 cm³/mol. The van der Waals surface area contributed by atoms with Crippen LogP contribution in [0.5, 0.6) is 0 Å². The molecule has 4 aromatic rings. The van der Waals surface area contributed by atoms with E-state index >= 15 is 0 Å². The van der Waals surface area contributed by atoms with Crippen molar-refractivity contribution in [1.29, 1.82) is 0 Å². The fourth-order valence-corrected chi connectivity index (χ4v) is 5.91. The number of amides is 2. The van der Waals surface area contributed by atoms with Crippen LogP contribution in [0.3, 0.4) is 0 Å². The second-order valence-electron chi connectivity index (χ2n) is 12.8. The quantitative estimate of drug-likeness (QED) is 0.208. The molecule has 0 radical (unpaired) electrons. The number of hydrogen-bond donors (Lipinski definition) is 1. The van der Waals surface area contributed by atoms with Crippen LogP contribution in [0.25, 0.3) is 11.1 Å². The van der Waals surface area contributed by atoms with Crippen LogP contribution in [0.15, 0.2) is 73.1 Å². The minimum Gasteiger partial charge on any atom is -0.478 e. The molecule has 9 nitrogen and oxygen atoms in total. The fraction of sp³-hybridized carbons (Fsp3) is 0.351. The van der Waals surface area contributed by atoms with Gasteiger partial charge in [-0.05, 0) is 106 Å². The molecule has 0 spiro atoms. The summed E-state index contributed by atoms with van der Waals surface area (Å²) in [6.07, 6.45) is 5.84. The maximum absolute atomic E-state index is 13.7. The molecule has 1 aliphatic rings. The van der Waals surface area contributed by atoms with E-state index in [0.29, 0.717) is 32.5 Å². The van der Waals surface area contributed by atoms with Crippen LogP contribution < -0.4 is 9.80 Å². The van der Waals surface area contributed by atoms with Crippen molar-refractivity contribution in [3.8, 4) is 11.1 Å². The molecule has 0 atom stereocenters. The predicted octanol–water partition coefficient (Wildman–Crippen LogP) is 7.41. The Morgan fingerprint density at radius 3 is 2.54 bits per heavy atom. The van der Waals surface area contributed by atoms with Gasteiger partial charge in [-0.3, -0.25) is 14.4 Å². The zero-order chi connectivity index (χ0) is 33.0. The normalized spacial score (nSPS) is 12.8. The van der Waals surface area contributed by atoms with Crippen LogP contribution in [0, 0.1) is 13.8 Å². The Bertz CT molecular complexity index is 1750. The molecule has 0 unspecified atom stereocenters. The van der Waals surface area contributed by atoms with Crippen molar-refractivity contribution in [2.45, 2.75) is 72.4 Å². The smallest absolute Gasteiger partial charge is 0.414 e. The number of nitrogens with zero attached hydrogens (tertiary/aromatic N) is 4. The maximum atomic E-state index is 13.7. The third kappa shape index (κ3) is 7.47. The highest BCUT2D eigenvalue weighted by atomic mass is 16.6. The van der Waals surface area contributed by atoms with E-state index in [1.54, 1.807) is 27.8 Å². The Kier molecular flexibility index (Phi) is 9.60. The molecular weight excluding hydrogens is 580 g/mol. The summed E-state index contributed by atoms with van der Waals surface area (Å²) in [5, 5.41) is 13.9. The van der Waals surface area contributed by atoms with E-state index in [4.69, 9.17) is 4.74 Å². The summed E-state index contributed by atoms with van der Waals surface area (Å²) in [4.78, 5) is 41.8. The minimum absolute atomic E-state index is 0.0252. The molecule has 0 saturated carbocycles. The van der Waals surface area contributed by atoms with Crippen LogP contribution in [0.1, 0.15) is 72.6 Å². The second-order valence-corrected chi connectivity index (χ2v) is 12.8. The van der Waals surface area contributed by atoms with Crippen molar-refractivity contribution in [2.75, 3.05) is 22.9 Å². The van der Waals surface area contributed by atoms with Gasteiger partial charge in [-0.25, -0.2) is 9.59 Å². The van der Waals surface area contributed by atoms with Crippen molar-refractivity contribution >= 4 is 29.3 Å². The number of aryl methyl sites for hydroxylation is 1. The molecule has 2 amide bonds. The first-order valence-corrected chi connectivity index (χ1v) is 15.8. The number of rotatable bonds is 9. The Balaban J connectivity index is 1.30. The lowest BCUT2D eigenvalue weighted by Gasteiger charge is -2.32. The molecule has 1 N–H and O–H groups in total. The van der Waals surface area contributed by atoms with Crippen molar-refractivity contribution in [3.05, 3.63) is 101 Å². The van der Waals surface area contributed by atoms with Crippen molar-refractivity contribution in [2.24, 2.45) is 0 Å². The molecule has 0 aliphatic carbocycles.